The molecule has 2 aromatic carbocycles. The number of hydrogen-bond acceptors (Lipinski definition) is 8. The number of aliphatic hydroxyl groups excluding tert-OH is 1. The van der Waals surface area contributed by atoms with Crippen LogP contribution in [0.1, 0.15) is 98.4 Å². The number of ether oxygens (including phenoxy) is 2. The van der Waals surface area contributed by atoms with Crippen molar-refractivity contribution in [2.45, 2.75) is 117 Å². The number of halogens is 2. The van der Waals surface area contributed by atoms with Gasteiger partial charge >= 0.3 is 5.97 Å². The van der Waals surface area contributed by atoms with E-state index in [4.69, 9.17) is 15.2 Å². The van der Waals surface area contributed by atoms with Gasteiger partial charge in [-0.05, 0) is 88.8 Å². The molecule has 1 aliphatic heterocycles. The molecule has 0 bridgehead atoms. The number of rotatable bonds is 18. The molecule has 0 aliphatic carbocycles. The highest BCUT2D eigenvalue weighted by Gasteiger charge is 2.38. The van der Waals surface area contributed by atoms with Crippen LogP contribution in [0.25, 0.3) is 11.1 Å². The number of benzene rings is 2. The maximum atomic E-state index is 15.1. The van der Waals surface area contributed by atoms with Gasteiger partial charge in [0.25, 0.3) is 0 Å². The van der Waals surface area contributed by atoms with E-state index < -0.39 is 70.8 Å². The fourth-order valence-electron chi connectivity index (χ4n) is 6.97. The largest absolute Gasteiger partial charge is 0.486 e. The molecular formula is C44H59F2N5O7. The first-order valence-electron chi connectivity index (χ1n) is 19.6. The number of nitrogens with zero attached hydrogens (tertiary/aromatic N) is 2. The second-order valence-electron chi connectivity index (χ2n) is 17.3. The van der Waals surface area contributed by atoms with Crippen LogP contribution >= 0.6 is 0 Å². The van der Waals surface area contributed by atoms with Crippen LogP contribution in [0.3, 0.4) is 0 Å². The molecule has 58 heavy (non-hydrogen) atoms. The topological polar surface area (TPSA) is 165 Å². The van der Waals surface area contributed by atoms with Gasteiger partial charge < -0.3 is 40.4 Å². The van der Waals surface area contributed by atoms with Crippen molar-refractivity contribution in [3.05, 3.63) is 95.5 Å². The Balaban J connectivity index is 1.46. The van der Waals surface area contributed by atoms with E-state index in [-0.39, 0.29) is 50.2 Å². The summed E-state index contributed by atoms with van der Waals surface area (Å²) in [6.07, 6.45) is 3.86. The number of aliphatic hydroxyl groups is 1. The van der Waals surface area contributed by atoms with E-state index in [9.17, 15) is 28.7 Å². The molecule has 0 radical (unpaired) electrons. The van der Waals surface area contributed by atoms with Gasteiger partial charge in [0.05, 0.1) is 18.1 Å². The zero-order valence-corrected chi connectivity index (χ0v) is 34.9. The zero-order chi connectivity index (χ0) is 43.0. The molecule has 3 amide bonds. The van der Waals surface area contributed by atoms with E-state index in [0.29, 0.717) is 23.6 Å². The van der Waals surface area contributed by atoms with Crippen molar-refractivity contribution in [3.63, 3.8) is 0 Å². The number of amides is 3. The molecule has 0 fully saturated rings. The average Bonchev–Trinajstić information content (AvgIpc) is 3.52. The summed E-state index contributed by atoms with van der Waals surface area (Å²) in [6.45, 7) is 14.3. The summed E-state index contributed by atoms with van der Waals surface area (Å²) in [7, 11) is 0. The Morgan fingerprint density at radius 1 is 0.983 bits per heavy atom. The summed E-state index contributed by atoms with van der Waals surface area (Å²) in [4.78, 5) is 53.5. The number of aromatic nitrogens is 1. The van der Waals surface area contributed by atoms with Gasteiger partial charge in [0.1, 0.15) is 35.2 Å². The zero-order valence-electron chi connectivity index (χ0n) is 34.9. The second kappa shape index (κ2) is 19.1. The van der Waals surface area contributed by atoms with Crippen molar-refractivity contribution in [3.8, 4) is 11.1 Å². The van der Waals surface area contributed by atoms with Gasteiger partial charge in [-0.3, -0.25) is 19.2 Å². The van der Waals surface area contributed by atoms with Gasteiger partial charge in [0.2, 0.25) is 17.7 Å². The molecule has 2 heterocycles. The molecule has 0 saturated heterocycles. The van der Waals surface area contributed by atoms with Crippen LogP contribution in [0.2, 0.25) is 0 Å². The van der Waals surface area contributed by atoms with Crippen LogP contribution in [-0.4, -0.2) is 81.2 Å². The lowest BCUT2D eigenvalue weighted by Gasteiger charge is -2.41. The summed E-state index contributed by atoms with van der Waals surface area (Å²) in [5, 5.41) is 15.7. The van der Waals surface area contributed by atoms with E-state index in [1.54, 1.807) is 33.0 Å². The fourth-order valence-corrected chi connectivity index (χ4v) is 6.97. The molecule has 12 nitrogen and oxygen atoms in total. The number of nitrogens with two attached hydrogens (primary N) is 1. The predicted molar refractivity (Wildman–Crippen MR) is 217 cm³/mol. The van der Waals surface area contributed by atoms with Crippen molar-refractivity contribution in [2.24, 2.45) is 11.1 Å². The Hall–Kier alpha value is -5.08. The molecule has 3 atom stereocenters. The highest BCUT2D eigenvalue weighted by Crippen LogP contribution is 2.41. The predicted octanol–water partition coefficient (Wildman–Crippen LogP) is 5.91. The van der Waals surface area contributed by atoms with Crippen LogP contribution in [-0.2, 0) is 35.2 Å². The number of carbonyl (C=O) groups is 4. The van der Waals surface area contributed by atoms with Crippen molar-refractivity contribution in [1.29, 1.82) is 0 Å². The van der Waals surface area contributed by atoms with Crippen molar-refractivity contribution in [2.75, 3.05) is 19.7 Å². The molecule has 1 aliphatic rings. The third-order valence-electron chi connectivity index (χ3n) is 9.51. The SMILES string of the molecule is CC(C)(C)OC(=O)CC[C@H](NC(=O)CCNC(=O)[C@@H](N)CCN(C(=O)CO)[C@@H](c1cc(-c2cc(F)ccc2F)cn1Cc1ccccc1)C(C)(C)C)C1=CC(C)(C)O1. The lowest BCUT2D eigenvalue weighted by Crippen LogP contribution is -2.48. The van der Waals surface area contributed by atoms with E-state index in [1.807, 2.05) is 75.6 Å². The van der Waals surface area contributed by atoms with Gasteiger partial charge in [-0.25, -0.2) is 8.78 Å². The molecular weight excluding hydrogens is 749 g/mol. The summed E-state index contributed by atoms with van der Waals surface area (Å²) >= 11 is 0. The molecule has 3 aromatic rings. The first kappa shape index (κ1) is 45.6. The second-order valence-corrected chi connectivity index (χ2v) is 17.3. The van der Waals surface area contributed by atoms with Crippen molar-refractivity contribution < 1.29 is 42.5 Å². The Bertz CT molecular complexity index is 1950. The summed E-state index contributed by atoms with van der Waals surface area (Å²) in [5.74, 6) is -2.58. The third-order valence-corrected chi connectivity index (χ3v) is 9.51. The lowest BCUT2D eigenvalue weighted by atomic mass is 9.82. The van der Waals surface area contributed by atoms with Crippen LogP contribution in [0.5, 0.6) is 0 Å². The quantitative estimate of drug-likeness (QED) is 0.115. The van der Waals surface area contributed by atoms with Crippen molar-refractivity contribution >= 4 is 23.7 Å². The smallest absolute Gasteiger partial charge is 0.306 e. The average molecular weight is 808 g/mol. The van der Waals surface area contributed by atoms with Gasteiger partial charge in [0.15, 0.2) is 0 Å². The van der Waals surface area contributed by atoms with Crippen molar-refractivity contribution in [1.82, 2.24) is 20.1 Å². The van der Waals surface area contributed by atoms with Gasteiger partial charge in [-0.2, -0.15) is 0 Å². The molecule has 5 N–H and O–H groups in total. The number of nitrogens with one attached hydrogen (secondary N) is 2. The molecule has 316 valence electrons. The highest BCUT2D eigenvalue weighted by atomic mass is 19.1. The van der Waals surface area contributed by atoms with E-state index in [2.05, 4.69) is 10.6 Å². The Morgan fingerprint density at radius 2 is 1.66 bits per heavy atom. The van der Waals surface area contributed by atoms with Gasteiger partial charge in [0, 0.05) is 55.5 Å². The minimum Gasteiger partial charge on any atom is -0.486 e. The first-order valence-corrected chi connectivity index (χ1v) is 19.6. The molecule has 0 saturated carbocycles. The van der Waals surface area contributed by atoms with E-state index >= 15 is 4.39 Å². The normalized spacial score (nSPS) is 15.2. The Morgan fingerprint density at radius 3 is 2.26 bits per heavy atom. The van der Waals surface area contributed by atoms with Crippen LogP contribution < -0.4 is 16.4 Å². The minimum absolute atomic E-state index is 0.00907. The summed E-state index contributed by atoms with van der Waals surface area (Å²) in [5.41, 5.74) is 6.55. The Kier molecular flexibility index (Phi) is 15.0. The van der Waals surface area contributed by atoms with Gasteiger partial charge in [-0.1, -0.05) is 51.1 Å². The Labute approximate surface area is 340 Å². The maximum Gasteiger partial charge on any atom is 0.306 e. The number of carbonyl (C=O) groups excluding carboxylic acids is 4. The summed E-state index contributed by atoms with van der Waals surface area (Å²) in [6, 6.07) is 12.1. The third kappa shape index (κ3) is 13.0. The maximum absolute atomic E-state index is 15.1. The highest BCUT2D eigenvalue weighted by molar-refractivity contribution is 5.83. The molecule has 0 spiro atoms. The molecule has 4 rings (SSSR count). The van der Waals surface area contributed by atoms with Crippen LogP contribution in [0.4, 0.5) is 8.78 Å². The standard InChI is InChI=1S/C44H59F2N5O7/c1-42(2,3)40(35-22-29(31-23-30(45)14-15-32(31)46)26-50(35)25-28-12-10-9-11-13-28)51(38(54)27-52)21-19-33(47)41(56)48-20-18-37(53)49-34(36-24-44(7,8)57-36)16-17-39(55)58-43(4,5)6/h9-15,22-24,26,33-34,40,52H,16-21,25,27,47H2,1-8H3,(H,48,56)(H,49,53)/t33-,34-,40-/m0/s1. The van der Waals surface area contributed by atoms with Crippen LogP contribution in [0, 0.1) is 17.0 Å². The van der Waals surface area contributed by atoms with Gasteiger partial charge in [-0.15, -0.1) is 0 Å². The van der Waals surface area contributed by atoms with E-state index in [0.717, 1.165) is 23.8 Å². The number of esters is 1. The first-order chi connectivity index (χ1) is 27.1. The molecule has 14 heteroatoms. The fraction of sp³-hybridized carbons (Fsp3) is 0.500. The van der Waals surface area contributed by atoms with E-state index in [1.165, 1.54) is 4.90 Å². The lowest BCUT2D eigenvalue weighted by molar-refractivity contribution is -0.155. The van der Waals surface area contributed by atoms with Crippen LogP contribution in [0.15, 0.2) is 72.6 Å². The monoisotopic (exact) mass is 807 g/mol. The summed E-state index contributed by atoms with van der Waals surface area (Å²) < 4.78 is 42.6. The number of hydrogen-bond donors (Lipinski definition) is 4. The minimum atomic E-state index is -1.08. The molecule has 1 aromatic heterocycles. The molecule has 0 unspecified atom stereocenters.